The van der Waals surface area contributed by atoms with Gasteiger partial charge in [-0.2, -0.15) is 0 Å². The molecule has 0 spiro atoms. The SMILES string of the molecule is Cc1ccc(C(Nc2c(F)cc(F)cc2Cl)C2CC2)cc1. The molecule has 110 valence electrons. The van der Waals surface area contributed by atoms with Crippen LogP contribution in [-0.2, 0) is 0 Å². The van der Waals surface area contributed by atoms with E-state index in [1.165, 1.54) is 5.56 Å². The van der Waals surface area contributed by atoms with Gasteiger partial charge >= 0.3 is 0 Å². The van der Waals surface area contributed by atoms with E-state index in [0.29, 0.717) is 5.92 Å². The molecule has 1 unspecified atom stereocenters. The van der Waals surface area contributed by atoms with Gasteiger partial charge in [-0.05, 0) is 37.3 Å². The first-order valence-electron chi connectivity index (χ1n) is 7.02. The van der Waals surface area contributed by atoms with Gasteiger partial charge in [-0.3, -0.25) is 0 Å². The second kappa shape index (κ2) is 5.64. The molecule has 0 bridgehead atoms. The second-order valence-electron chi connectivity index (χ2n) is 5.61. The summed E-state index contributed by atoms with van der Waals surface area (Å²) in [6, 6.07) is 10.1. The first-order chi connectivity index (χ1) is 10.0. The largest absolute Gasteiger partial charge is 0.374 e. The Hall–Kier alpha value is -1.61. The van der Waals surface area contributed by atoms with Crippen LogP contribution >= 0.6 is 11.6 Å². The van der Waals surface area contributed by atoms with Crippen molar-refractivity contribution in [2.45, 2.75) is 25.8 Å². The molecule has 0 amide bonds. The van der Waals surface area contributed by atoms with E-state index in [1.54, 1.807) is 0 Å². The number of hydrogen-bond acceptors (Lipinski definition) is 1. The number of nitrogens with one attached hydrogen (secondary N) is 1. The Kier molecular flexibility index (Phi) is 3.85. The highest BCUT2D eigenvalue weighted by atomic mass is 35.5. The molecule has 1 saturated carbocycles. The van der Waals surface area contributed by atoms with Crippen LogP contribution in [0.15, 0.2) is 36.4 Å². The molecule has 3 rings (SSSR count). The van der Waals surface area contributed by atoms with Gasteiger partial charge in [0.2, 0.25) is 0 Å². The fourth-order valence-electron chi connectivity index (χ4n) is 2.51. The summed E-state index contributed by atoms with van der Waals surface area (Å²) in [6.07, 6.45) is 2.21. The van der Waals surface area contributed by atoms with Gasteiger partial charge in [0.15, 0.2) is 5.82 Å². The van der Waals surface area contributed by atoms with Crippen LogP contribution in [-0.4, -0.2) is 0 Å². The van der Waals surface area contributed by atoms with Crippen LogP contribution in [0.25, 0.3) is 0 Å². The predicted molar refractivity (Wildman–Crippen MR) is 81.6 cm³/mol. The fraction of sp³-hybridized carbons (Fsp3) is 0.294. The molecule has 21 heavy (non-hydrogen) atoms. The van der Waals surface area contributed by atoms with Gasteiger partial charge in [0.1, 0.15) is 5.82 Å². The molecule has 1 aliphatic rings. The first kappa shape index (κ1) is 14.3. The lowest BCUT2D eigenvalue weighted by atomic mass is 10.0. The Labute approximate surface area is 127 Å². The molecule has 0 heterocycles. The van der Waals surface area contributed by atoms with Crippen molar-refractivity contribution in [1.82, 2.24) is 0 Å². The van der Waals surface area contributed by atoms with Gasteiger partial charge < -0.3 is 5.32 Å². The Morgan fingerprint density at radius 2 is 1.81 bits per heavy atom. The van der Waals surface area contributed by atoms with Gasteiger partial charge in [0, 0.05) is 6.07 Å². The average molecular weight is 308 g/mol. The summed E-state index contributed by atoms with van der Waals surface area (Å²) in [5.41, 5.74) is 2.46. The second-order valence-corrected chi connectivity index (χ2v) is 6.02. The summed E-state index contributed by atoms with van der Waals surface area (Å²) in [5, 5.41) is 3.24. The lowest BCUT2D eigenvalue weighted by molar-refractivity contribution is 0.580. The molecule has 1 atom stereocenters. The van der Waals surface area contributed by atoms with Gasteiger partial charge in [-0.1, -0.05) is 41.4 Å². The lowest BCUT2D eigenvalue weighted by Gasteiger charge is -2.21. The van der Waals surface area contributed by atoms with Crippen molar-refractivity contribution in [2.75, 3.05) is 5.32 Å². The summed E-state index contributed by atoms with van der Waals surface area (Å²) >= 11 is 5.97. The highest BCUT2D eigenvalue weighted by Crippen LogP contribution is 2.44. The molecule has 1 fully saturated rings. The number of aryl methyl sites for hydroxylation is 1. The number of halogens is 3. The first-order valence-corrected chi connectivity index (χ1v) is 7.40. The van der Waals surface area contributed by atoms with E-state index in [9.17, 15) is 8.78 Å². The average Bonchev–Trinajstić information content (AvgIpc) is 3.24. The van der Waals surface area contributed by atoms with Crippen LogP contribution < -0.4 is 5.32 Å². The lowest BCUT2D eigenvalue weighted by Crippen LogP contribution is -2.14. The molecule has 0 saturated heterocycles. The maximum absolute atomic E-state index is 13.9. The van der Waals surface area contributed by atoms with Crippen LogP contribution in [0, 0.1) is 24.5 Å². The van der Waals surface area contributed by atoms with E-state index in [0.717, 1.165) is 30.5 Å². The molecular weight excluding hydrogens is 292 g/mol. The minimum absolute atomic E-state index is 0.00283. The molecule has 2 aromatic carbocycles. The van der Waals surface area contributed by atoms with Gasteiger partial charge in [-0.15, -0.1) is 0 Å². The topological polar surface area (TPSA) is 12.0 Å². The summed E-state index contributed by atoms with van der Waals surface area (Å²) in [6.45, 7) is 2.03. The third-order valence-corrected chi connectivity index (χ3v) is 4.13. The van der Waals surface area contributed by atoms with Crippen molar-refractivity contribution in [2.24, 2.45) is 5.92 Å². The molecule has 1 N–H and O–H groups in total. The molecular formula is C17H16ClF2N. The van der Waals surface area contributed by atoms with Crippen LogP contribution in [0.3, 0.4) is 0 Å². The maximum Gasteiger partial charge on any atom is 0.150 e. The Morgan fingerprint density at radius 1 is 1.14 bits per heavy atom. The number of hydrogen-bond donors (Lipinski definition) is 1. The Balaban J connectivity index is 1.91. The zero-order valence-electron chi connectivity index (χ0n) is 11.7. The van der Waals surface area contributed by atoms with E-state index in [-0.39, 0.29) is 16.8 Å². The molecule has 0 aromatic heterocycles. The number of rotatable bonds is 4. The van der Waals surface area contributed by atoms with Gasteiger partial charge in [-0.25, -0.2) is 8.78 Å². The third kappa shape index (κ3) is 3.18. The molecule has 4 heteroatoms. The van der Waals surface area contributed by atoms with Gasteiger partial charge in [0.25, 0.3) is 0 Å². The van der Waals surface area contributed by atoms with Crippen LogP contribution in [0.1, 0.15) is 30.0 Å². The minimum Gasteiger partial charge on any atom is -0.374 e. The van der Waals surface area contributed by atoms with Crippen molar-refractivity contribution in [3.8, 4) is 0 Å². The highest BCUT2D eigenvalue weighted by molar-refractivity contribution is 6.33. The molecule has 0 aliphatic heterocycles. The maximum atomic E-state index is 13.9. The summed E-state index contributed by atoms with van der Waals surface area (Å²) in [4.78, 5) is 0. The molecule has 1 aliphatic carbocycles. The fourth-order valence-corrected chi connectivity index (χ4v) is 2.76. The predicted octanol–water partition coefficient (Wildman–Crippen LogP) is 5.49. The number of anilines is 1. The van der Waals surface area contributed by atoms with E-state index in [2.05, 4.69) is 5.32 Å². The van der Waals surface area contributed by atoms with E-state index < -0.39 is 11.6 Å². The zero-order valence-corrected chi connectivity index (χ0v) is 12.4. The Bertz CT molecular complexity index is 627. The standard InChI is InChI=1S/C17H16ClF2N/c1-10-2-4-11(5-3-10)16(12-6-7-12)21-17-14(18)8-13(19)9-15(17)20/h2-5,8-9,12,16,21H,6-7H2,1H3. The highest BCUT2D eigenvalue weighted by Gasteiger charge is 2.33. The smallest absolute Gasteiger partial charge is 0.150 e. The van der Waals surface area contributed by atoms with Crippen molar-refractivity contribution in [3.63, 3.8) is 0 Å². The zero-order chi connectivity index (χ0) is 15.0. The van der Waals surface area contributed by atoms with Crippen molar-refractivity contribution < 1.29 is 8.78 Å². The molecule has 1 nitrogen and oxygen atoms in total. The normalized spacial score (nSPS) is 15.8. The summed E-state index contributed by atoms with van der Waals surface area (Å²) in [7, 11) is 0. The van der Waals surface area contributed by atoms with Crippen LogP contribution in [0.5, 0.6) is 0 Å². The van der Waals surface area contributed by atoms with E-state index in [1.807, 2.05) is 31.2 Å². The molecule has 2 aromatic rings. The monoisotopic (exact) mass is 307 g/mol. The van der Waals surface area contributed by atoms with E-state index >= 15 is 0 Å². The minimum atomic E-state index is -0.665. The van der Waals surface area contributed by atoms with E-state index in [4.69, 9.17) is 11.6 Å². The number of benzene rings is 2. The van der Waals surface area contributed by atoms with Crippen LogP contribution in [0.4, 0.5) is 14.5 Å². The summed E-state index contributed by atoms with van der Waals surface area (Å²) in [5.74, 6) is -0.854. The van der Waals surface area contributed by atoms with Crippen molar-refractivity contribution >= 4 is 17.3 Å². The van der Waals surface area contributed by atoms with Gasteiger partial charge in [0.05, 0.1) is 16.8 Å². The van der Waals surface area contributed by atoms with Crippen molar-refractivity contribution in [1.29, 1.82) is 0 Å². The third-order valence-electron chi connectivity index (χ3n) is 3.84. The summed E-state index contributed by atoms with van der Waals surface area (Å²) < 4.78 is 27.1. The van der Waals surface area contributed by atoms with Crippen molar-refractivity contribution in [3.05, 3.63) is 64.2 Å². The molecule has 0 radical (unpaired) electrons. The Morgan fingerprint density at radius 3 is 2.38 bits per heavy atom. The quantitative estimate of drug-likeness (QED) is 0.787. The van der Waals surface area contributed by atoms with Crippen LogP contribution in [0.2, 0.25) is 5.02 Å².